The Balaban J connectivity index is 1.97. The smallest absolute Gasteiger partial charge is 0.316 e. The molecule has 1 aliphatic rings. The predicted octanol–water partition coefficient (Wildman–Crippen LogP) is 4.39. The molecule has 1 aromatic carbocycles. The fourth-order valence-electron chi connectivity index (χ4n) is 3.34. The Hall–Kier alpha value is -3.22. The minimum Gasteiger partial charge on any atom is -0.495 e. The van der Waals surface area contributed by atoms with Crippen LogP contribution >= 0.6 is 23.1 Å². The lowest BCUT2D eigenvalue weighted by Gasteiger charge is -2.29. The number of thiophene rings is 1. The number of nitrogens with one attached hydrogen (secondary N) is 2. The highest BCUT2D eigenvalue weighted by atomic mass is 32.2. The zero-order valence-electron chi connectivity index (χ0n) is 17.9. The maximum atomic E-state index is 13.4. The van der Waals surface area contributed by atoms with Gasteiger partial charge in [0.25, 0.3) is 5.91 Å². The molecule has 32 heavy (non-hydrogen) atoms. The van der Waals surface area contributed by atoms with E-state index in [4.69, 9.17) is 9.47 Å². The Morgan fingerprint density at radius 1 is 1.28 bits per heavy atom. The van der Waals surface area contributed by atoms with Gasteiger partial charge in [0.2, 0.25) is 0 Å². The SMILES string of the molecule is CCOC(=O)CSC1=C(C#N)[C@@H](c2cccs2)C(C(=O)Nc2ccccc2OC)=C(C)N1. The maximum Gasteiger partial charge on any atom is 0.316 e. The van der Waals surface area contributed by atoms with Crippen molar-refractivity contribution in [3.8, 4) is 11.8 Å². The van der Waals surface area contributed by atoms with Gasteiger partial charge in [0.15, 0.2) is 0 Å². The van der Waals surface area contributed by atoms with Crippen molar-refractivity contribution in [3.05, 3.63) is 68.5 Å². The normalized spacial score (nSPS) is 15.6. The van der Waals surface area contributed by atoms with Crippen LogP contribution in [0.5, 0.6) is 5.75 Å². The largest absolute Gasteiger partial charge is 0.495 e. The molecule has 1 atom stereocenters. The molecule has 0 saturated carbocycles. The quantitative estimate of drug-likeness (QED) is 0.553. The van der Waals surface area contributed by atoms with Gasteiger partial charge in [-0.1, -0.05) is 30.0 Å². The third-order valence-corrected chi connectivity index (χ3v) is 6.64. The van der Waals surface area contributed by atoms with Gasteiger partial charge in [0.1, 0.15) is 5.75 Å². The summed E-state index contributed by atoms with van der Waals surface area (Å²) in [5, 5.41) is 18.5. The molecular weight excluding hydrogens is 446 g/mol. The van der Waals surface area contributed by atoms with E-state index >= 15 is 0 Å². The number of hydrogen-bond donors (Lipinski definition) is 2. The standard InChI is InChI=1S/C23H23N3O4S2/c1-4-30-19(27)13-32-23-15(12-24)21(18-10-7-11-31-18)20(14(2)25-23)22(28)26-16-8-5-6-9-17(16)29-3/h5-11,21,25H,4,13H2,1-3H3,(H,26,28)/t21-/m0/s1. The van der Waals surface area contributed by atoms with Gasteiger partial charge in [-0.3, -0.25) is 9.59 Å². The second-order valence-electron chi connectivity index (χ2n) is 6.71. The topological polar surface area (TPSA) is 100 Å². The van der Waals surface area contributed by atoms with Crippen molar-refractivity contribution in [2.24, 2.45) is 0 Å². The van der Waals surface area contributed by atoms with Crippen LogP contribution in [-0.4, -0.2) is 31.3 Å². The van der Waals surface area contributed by atoms with Gasteiger partial charge in [-0.25, -0.2) is 0 Å². The van der Waals surface area contributed by atoms with E-state index in [1.807, 2.05) is 23.6 Å². The van der Waals surface area contributed by atoms with E-state index in [2.05, 4.69) is 16.7 Å². The molecule has 1 amide bonds. The van der Waals surface area contributed by atoms with E-state index in [0.717, 1.165) is 4.88 Å². The molecule has 0 unspecified atom stereocenters. The average Bonchev–Trinajstić information content (AvgIpc) is 3.32. The molecule has 0 bridgehead atoms. The first-order chi connectivity index (χ1) is 15.5. The number of anilines is 1. The number of allylic oxidation sites excluding steroid dienone is 2. The van der Waals surface area contributed by atoms with E-state index in [-0.39, 0.29) is 17.6 Å². The number of amides is 1. The zero-order chi connectivity index (χ0) is 23.1. The molecule has 166 valence electrons. The highest BCUT2D eigenvalue weighted by molar-refractivity contribution is 8.03. The van der Waals surface area contributed by atoms with Crippen LogP contribution in [0, 0.1) is 11.3 Å². The lowest BCUT2D eigenvalue weighted by Crippen LogP contribution is -2.30. The number of para-hydroxylation sites is 2. The number of rotatable bonds is 8. The van der Waals surface area contributed by atoms with Gasteiger partial charge in [-0.15, -0.1) is 11.3 Å². The third-order valence-electron chi connectivity index (χ3n) is 4.71. The van der Waals surface area contributed by atoms with Crippen LogP contribution in [0.3, 0.4) is 0 Å². The number of hydrogen-bond acceptors (Lipinski definition) is 8. The second-order valence-corrected chi connectivity index (χ2v) is 8.68. The van der Waals surface area contributed by atoms with Crippen molar-refractivity contribution >= 4 is 40.7 Å². The Labute approximate surface area is 195 Å². The second kappa shape index (κ2) is 10.9. The van der Waals surface area contributed by atoms with Crippen LogP contribution in [0.25, 0.3) is 0 Å². The minimum absolute atomic E-state index is 0.0640. The van der Waals surface area contributed by atoms with Gasteiger partial charge in [-0.2, -0.15) is 5.26 Å². The lowest BCUT2D eigenvalue weighted by atomic mass is 9.86. The highest BCUT2D eigenvalue weighted by Crippen LogP contribution is 2.42. The number of carbonyl (C=O) groups excluding carboxylic acids is 2. The monoisotopic (exact) mass is 469 g/mol. The molecule has 0 radical (unpaired) electrons. The number of esters is 1. The van der Waals surface area contributed by atoms with E-state index < -0.39 is 5.92 Å². The molecule has 9 heteroatoms. The summed E-state index contributed by atoms with van der Waals surface area (Å²) < 4.78 is 10.3. The fraction of sp³-hybridized carbons (Fsp3) is 0.261. The summed E-state index contributed by atoms with van der Waals surface area (Å²) in [7, 11) is 1.54. The predicted molar refractivity (Wildman–Crippen MR) is 126 cm³/mol. The summed E-state index contributed by atoms with van der Waals surface area (Å²) in [5.74, 6) is -0.648. The van der Waals surface area contributed by atoms with Gasteiger partial charge in [0, 0.05) is 16.1 Å². The number of carbonyl (C=O) groups is 2. The molecule has 2 N–H and O–H groups in total. The molecule has 0 fully saturated rings. The van der Waals surface area contributed by atoms with Crippen LogP contribution < -0.4 is 15.4 Å². The molecule has 1 aliphatic heterocycles. The number of ether oxygens (including phenoxy) is 2. The van der Waals surface area contributed by atoms with Crippen LogP contribution in [-0.2, 0) is 14.3 Å². The van der Waals surface area contributed by atoms with Crippen LogP contribution in [0.2, 0.25) is 0 Å². The molecule has 2 aromatic rings. The van der Waals surface area contributed by atoms with E-state index in [1.165, 1.54) is 30.2 Å². The zero-order valence-corrected chi connectivity index (χ0v) is 19.6. The van der Waals surface area contributed by atoms with Gasteiger partial charge < -0.3 is 20.1 Å². The van der Waals surface area contributed by atoms with Crippen molar-refractivity contribution in [2.75, 3.05) is 24.8 Å². The molecule has 2 heterocycles. The highest BCUT2D eigenvalue weighted by Gasteiger charge is 2.35. The summed E-state index contributed by atoms with van der Waals surface area (Å²) in [6.45, 7) is 3.82. The number of thioether (sulfide) groups is 1. The fourth-order valence-corrected chi connectivity index (χ4v) is 5.07. The minimum atomic E-state index is -0.555. The number of dihydropyridines is 1. The van der Waals surface area contributed by atoms with E-state index in [0.29, 0.717) is 39.9 Å². The number of nitrogens with zero attached hydrogens (tertiary/aromatic N) is 1. The number of methoxy groups -OCH3 is 1. The summed E-state index contributed by atoms with van der Waals surface area (Å²) in [5.41, 5.74) is 1.98. The molecule has 0 spiro atoms. The van der Waals surface area contributed by atoms with Crippen molar-refractivity contribution in [2.45, 2.75) is 19.8 Å². The Morgan fingerprint density at radius 2 is 2.06 bits per heavy atom. The Bertz CT molecular complexity index is 1100. The lowest BCUT2D eigenvalue weighted by molar-refractivity contribution is -0.139. The molecule has 0 aliphatic carbocycles. The Morgan fingerprint density at radius 3 is 2.72 bits per heavy atom. The maximum absolute atomic E-state index is 13.4. The van der Waals surface area contributed by atoms with Gasteiger partial charge >= 0.3 is 5.97 Å². The van der Waals surface area contributed by atoms with Crippen LogP contribution in [0.1, 0.15) is 24.6 Å². The van der Waals surface area contributed by atoms with Gasteiger partial charge in [-0.05, 0) is 37.4 Å². The first-order valence-corrected chi connectivity index (χ1v) is 11.7. The van der Waals surface area contributed by atoms with Crippen LogP contribution in [0.15, 0.2) is 63.7 Å². The van der Waals surface area contributed by atoms with Crippen molar-refractivity contribution in [1.29, 1.82) is 5.26 Å². The average molecular weight is 470 g/mol. The number of nitriles is 1. The summed E-state index contributed by atoms with van der Waals surface area (Å²) >= 11 is 2.66. The van der Waals surface area contributed by atoms with Crippen molar-refractivity contribution in [3.63, 3.8) is 0 Å². The molecule has 1 aromatic heterocycles. The van der Waals surface area contributed by atoms with Crippen molar-refractivity contribution in [1.82, 2.24) is 5.32 Å². The van der Waals surface area contributed by atoms with Crippen molar-refractivity contribution < 1.29 is 19.1 Å². The Kier molecular flexibility index (Phi) is 7.98. The van der Waals surface area contributed by atoms with E-state index in [9.17, 15) is 14.9 Å². The summed E-state index contributed by atoms with van der Waals surface area (Å²) in [6, 6.07) is 13.2. The number of benzene rings is 1. The first kappa shape index (κ1) is 23.4. The third kappa shape index (κ3) is 5.15. The summed E-state index contributed by atoms with van der Waals surface area (Å²) in [6.07, 6.45) is 0. The molecule has 3 rings (SSSR count). The summed E-state index contributed by atoms with van der Waals surface area (Å²) in [4.78, 5) is 26.1. The van der Waals surface area contributed by atoms with Crippen LogP contribution in [0.4, 0.5) is 5.69 Å². The molecule has 0 saturated heterocycles. The molecule has 7 nitrogen and oxygen atoms in total. The van der Waals surface area contributed by atoms with E-state index in [1.54, 1.807) is 32.0 Å². The first-order valence-electron chi connectivity index (χ1n) is 9.88. The molecular formula is C23H23N3O4S2. The van der Waals surface area contributed by atoms with Gasteiger partial charge in [0.05, 0.1) is 47.7 Å².